The first kappa shape index (κ1) is 17.2. The lowest BCUT2D eigenvalue weighted by molar-refractivity contribution is -0.114. The van der Waals surface area contributed by atoms with Gasteiger partial charge in [-0.05, 0) is 25.5 Å². The molecular weight excluding hydrogens is 334 g/mol. The molecule has 0 unspecified atom stereocenters. The van der Waals surface area contributed by atoms with E-state index in [1.54, 1.807) is 19.4 Å². The molecule has 0 fully saturated rings. The van der Waals surface area contributed by atoms with Crippen LogP contribution in [0.3, 0.4) is 0 Å². The standard InChI is InChI=1S/C19H19N3O2S/c1-12-10-20-16(13(2)17(12)24-3)11-25-19-21-15(18(23)22-19)9-14-7-5-4-6-8-14/h4-10H,11H2,1-3H3,(H,21,22,23)/b15-9+. The second-order valence-corrected chi connectivity index (χ2v) is 6.61. The van der Waals surface area contributed by atoms with Crippen molar-refractivity contribution in [2.75, 3.05) is 7.11 Å². The minimum Gasteiger partial charge on any atom is -0.496 e. The van der Waals surface area contributed by atoms with Crippen molar-refractivity contribution in [1.82, 2.24) is 10.3 Å². The van der Waals surface area contributed by atoms with Gasteiger partial charge < -0.3 is 10.1 Å². The molecule has 0 atom stereocenters. The summed E-state index contributed by atoms with van der Waals surface area (Å²) in [6, 6.07) is 9.69. The highest BCUT2D eigenvalue weighted by atomic mass is 32.2. The first-order valence-electron chi connectivity index (χ1n) is 7.87. The molecular formula is C19H19N3O2S. The van der Waals surface area contributed by atoms with Crippen molar-refractivity contribution in [3.05, 3.63) is 64.6 Å². The number of methoxy groups -OCH3 is 1. The van der Waals surface area contributed by atoms with Crippen LogP contribution in [0.15, 0.2) is 47.2 Å². The lowest BCUT2D eigenvalue weighted by atomic mass is 10.1. The number of pyridine rings is 1. The van der Waals surface area contributed by atoms with Crippen LogP contribution in [-0.4, -0.2) is 23.2 Å². The predicted molar refractivity (Wildman–Crippen MR) is 102 cm³/mol. The Labute approximate surface area is 151 Å². The quantitative estimate of drug-likeness (QED) is 0.853. The van der Waals surface area contributed by atoms with E-state index >= 15 is 0 Å². The molecule has 1 N–H and O–H groups in total. The molecule has 2 aromatic rings. The van der Waals surface area contributed by atoms with Crippen molar-refractivity contribution in [3.63, 3.8) is 0 Å². The molecule has 0 saturated carbocycles. The summed E-state index contributed by atoms with van der Waals surface area (Å²) < 4.78 is 5.43. The fourth-order valence-corrected chi connectivity index (χ4v) is 3.48. The molecule has 25 heavy (non-hydrogen) atoms. The molecule has 1 aliphatic heterocycles. The number of carbonyl (C=O) groups is 1. The van der Waals surface area contributed by atoms with E-state index < -0.39 is 0 Å². The second-order valence-electron chi connectivity index (χ2n) is 5.65. The maximum absolute atomic E-state index is 12.0. The maximum Gasteiger partial charge on any atom is 0.295 e. The molecule has 2 heterocycles. The smallest absolute Gasteiger partial charge is 0.295 e. The number of carbonyl (C=O) groups excluding carboxylic acids is 1. The number of aryl methyl sites for hydroxylation is 1. The van der Waals surface area contributed by atoms with Crippen LogP contribution in [-0.2, 0) is 10.5 Å². The molecule has 5 nitrogen and oxygen atoms in total. The molecule has 0 aliphatic carbocycles. The van der Waals surface area contributed by atoms with Crippen molar-refractivity contribution < 1.29 is 9.53 Å². The summed E-state index contributed by atoms with van der Waals surface area (Å²) in [6.45, 7) is 3.96. The highest BCUT2D eigenvalue weighted by Crippen LogP contribution is 2.27. The van der Waals surface area contributed by atoms with Gasteiger partial charge in [-0.2, -0.15) is 4.99 Å². The number of hydrogen-bond donors (Lipinski definition) is 1. The number of nitrogens with one attached hydrogen (secondary N) is 1. The van der Waals surface area contributed by atoms with Gasteiger partial charge in [0.15, 0.2) is 5.17 Å². The largest absolute Gasteiger partial charge is 0.496 e. The topological polar surface area (TPSA) is 63.6 Å². The normalized spacial score (nSPS) is 15.2. The molecule has 1 amide bonds. The van der Waals surface area contributed by atoms with Crippen LogP contribution in [0.4, 0.5) is 0 Å². The van der Waals surface area contributed by atoms with Crippen LogP contribution in [0.1, 0.15) is 22.4 Å². The zero-order valence-corrected chi connectivity index (χ0v) is 15.2. The Morgan fingerprint density at radius 3 is 2.72 bits per heavy atom. The number of rotatable bonds is 4. The fourth-order valence-electron chi connectivity index (χ4n) is 2.58. The summed E-state index contributed by atoms with van der Waals surface area (Å²) in [5, 5.41) is 3.68. The molecule has 128 valence electrons. The Hall–Kier alpha value is -2.60. The second kappa shape index (κ2) is 7.53. The molecule has 0 bridgehead atoms. The zero-order chi connectivity index (χ0) is 17.8. The van der Waals surface area contributed by atoms with Crippen LogP contribution in [0.2, 0.25) is 0 Å². The molecule has 1 aromatic heterocycles. The molecule has 0 spiro atoms. The van der Waals surface area contributed by atoms with Gasteiger partial charge in [0.05, 0.1) is 12.8 Å². The highest BCUT2D eigenvalue weighted by molar-refractivity contribution is 8.13. The van der Waals surface area contributed by atoms with Gasteiger partial charge in [-0.3, -0.25) is 9.78 Å². The van der Waals surface area contributed by atoms with Gasteiger partial charge in [0, 0.05) is 23.1 Å². The van der Waals surface area contributed by atoms with E-state index in [0.717, 1.165) is 28.1 Å². The van der Waals surface area contributed by atoms with Crippen LogP contribution in [0.5, 0.6) is 5.75 Å². The number of aromatic nitrogens is 1. The van der Waals surface area contributed by atoms with E-state index in [9.17, 15) is 4.79 Å². The zero-order valence-electron chi connectivity index (χ0n) is 14.4. The number of aliphatic imine (C=N–C) groups is 1. The monoisotopic (exact) mass is 353 g/mol. The number of hydrogen-bond acceptors (Lipinski definition) is 5. The summed E-state index contributed by atoms with van der Waals surface area (Å²) in [5.41, 5.74) is 4.39. The third-order valence-electron chi connectivity index (χ3n) is 3.88. The van der Waals surface area contributed by atoms with Crippen molar-refractivity contribution in [2.24, 2.45) is 4.99 Å². The van der Waals surface area contributed by atoms with Crippen LogP contribution < -0.4 is 10.1 Å². The number of thioether (sulfide) groups is 1. The summed E-state index contributed by atoms with van der Waals surface area (Å²) in [5.74, 6) is 1.21. The van der Waals surface area contributed by atoms with Crippen molar-refractivity contribution in [3.8, 4) is 5.75 Å². The highest BCUT2D eigenvalue weighted by Gasteiger charge is 2.21. The van der Waals surface area contributed by atoms with Crippen LogP contribution in [0, 0.1) is 13.8 Å². The maximum atomic E-state index is 12.0. The Morgan fingerprint density at radius 2 is 2.00 bits per heavy atom. The van der Waals surface area contributed by atoms with E-state index in [1.165, 1.54) is 11.8 Å². The Balaban J connectivity index is 1.68. The predicted octanol–water partition coefficient (Wildman–Crippen LogP) is 3.47. The lowest BCUT2D eigenvalue weighted by Crippen LogP contribution is -2.15. The Morgan fingerprint density at radius 1 is 1.24 bits per heavy atom. The van der Waals surface area contributed by atoms with Crippen molar-refractivity contribution >= 4 is 28.9 Å². The third kappa shape index (κ3) is 3.91. The summed E-state index contributed by atoms with van der Waals surface area (Å²) in [6.07, 6.45) is 3.61. The molecule has 0 saturated heterocycles. The van der Waals surface area contributed by atoms with Crippen molar-refractivity contribution in [2.45, 2.75) is 19.6 Å². The lowest BCUT2D eigenvalue weighted by Gasteiger charge is -2.11. The van der Waals surface area contributed by atoms with Crippen molar-refractivity contribution in [1.29, 1.82) is 0 Å². The Kier molecular flexibility index (Phi) is 5.19. The number of nitrogens with zero attached hydrogens (tertiary/aromatic N) is 2. The number of ether oxygens (including phenoxy) is 1. The minimum atomic E-state index is -0.252. The SMILES string of the molecule is COc1c(C)cnc(CSC2=NC(=O)/C(=C\c3ccccc3)N2)c1C. The molecule has 1 aliphatic rings. The first-order chi connectivity index (χ1) is 12.1. The van der Waals surface area contributed by atoms with Gasteiger partial charge in [-0.15, -0.1) is 0 Å². The molecule has 3 rings (SSSR count). The minimum absolute atomic E-state index is 0.252. The van der Waals surface area contributed by atoms with E-state index in [4.69, 9.17) is 4.74 Å². The van der Waals surface area contributed by atoms with E-state index in [0.29, 0.717) is 16.6 Å². The van der Waals surface area contributed by atoms with Gasteiger partial charge in [0.25, 0.3) is 5.91 Å². The first-order valence-corrected chi connectivity index (χ1v) is 8.85. The van der Waals surface area contributed by atoms with Gasteiger partial charge in [-0.25, -0.2) is 0 Å². The Bertz CT molecular complexity index is 860. The summed E-state index contributed by atoms with van der Waals surface area (Å²) in [4.78, 5) is 20.6. The number of amides is 1. The van der Waals surface area contributed by atoms with E-state index in [1.807, 2.05) is 44.2 Å². The molecule has 0 radical (unpaired) electrons. The number of amidine groups is 1. The van der Waals surface area contributed by atoms with Gasteiger partial charge in [0.2, 0.25) is 0 Å². The number of benzene rings is 1. The van der Waals surface area contributed by atoms with Crippen LogP contribution >= 0.6 is 11.8 Å². The van der Waals surface area contributed by atoms with E-state index in [-0.39, 0.29) is 5.91 Å². The van der Waals surface area contributed by atoms with E-state index in [2.05, 4.69) is 15.3 Å². The van der Waals surface area contributed by atoms with Gasteiger partial charge in [-0.1, -0.05) is 42.1 Å². The third-order valence-corrected chi connectivity index (χ3v) is 4.77. The molecule has 6 heteroatoms. The average molecular weight is 353 g/mol. The van der Waals surface area contributed by atoms with Gasteiger partial charge in [0.1, 0.15) is 11.4 Å². The summed E-state index contributed by atoms with van der Waals surface area (Å²) in [7, 11) is 1.66. The molecule has 1 aromatic carbocycles. The fraction of sp³-hybridized carbons (Fsp3) is 0.211. The van der Waals surface area contributed by atoms with Gasteiger partial charge >= 0.3 is 0 Å². The average Bonchev–Trinajstić information content (AvgIpc) is 2.95. The summed E-state index contributed by atoms with van der Waals surface area (Å²) >= 11 is 1.45. The van der Waals surface area contributed by atoms with Crippen LogP contribution in [0.25, 0.3) is 6.08 Å².